The Morgan fingerprint density at radius 2 is 2.17 bits per heavy atom. The predicted molar refractivity (Wildman–Crippen MR) is 58.9 cm³/mol. The van der Waals surface area contributed by atoms with Crippen LogP contribution in [0.5, 0.6) is 0 Å². The summed E-state index contributed by atoms with van der Waals surface area (Å²) >= 11 is 0. The zero-order valence-corrected chi connectivity index (χ0v) is 9.61. The highest BCUT2D eigenvalue weighted by Crippen LogP contribution is 2.28. The van der Waals surface area contributed by atoms with E-state index in [1.807, 2.05) is 0 Å². The number of halogens is 3. The molecule has 0 aliphatic heterocycles. The molecule has 2 atom stereocenters. The molecule has 1 aromatic rings. The SMILES string of the molecule is OC1CCC(CNc2nccc(C(F)(F)F)n2)C1. The number of hydrogen-bond donors (Lipinski definition) is 2. The van der Waals surface area contributed by atoms with Crippen molar-refractivity contribution < 1.29 is 18.3 Å². The Labute approximate surface area is 102 Å². The first kappa shape index (κ1) is 13.1. The quantitative estimate of drug-likeness (QED) is 0.874. The van der Waals surface area contributed by atoms with Crippen molar-refractivity contribution in [3.05, 3.63) is 18.0 Å². The average molecular weight is 261 g/mol. The van der Waals surface area contributed by atoms with E-state index in [1.165, 1.54) is 0 Å². The summed E-state index contributed by atoms with van der Waals surface area (Å²) in [6.45, 7) is 0.484. The topological polar surface area (TPSA) is 58.0 Å². The maximum atomic E-state index is 12.4. The van der Waals surface area contributed by atoms with E-state index < -0.39 is 11.9 Å². The fourth-order valence-corrected chi connectivity index (χ4v) is 2.07. The number of aromatic nitrogens is 2. The predicted octanol–water partition coefficient (Wildman–Crippen LogP) is 2.07. The van der Waals surface area contributed by atoms with Gasteiger partial charge in [0.25, 0.3) is 0 Å². The first-order valence-corrected chi connectivity index (χ1v) is 5.77. The summed E-state index contributed by atoms with van der Waals surface area (Å²) in [6.07, 6.45) is -1.38. The van der Waals surface area contributed by atoms with Gasteiger partial charge >= 0.3 is 6.18 Å². The first-order chi connectivity index (χ1) is 8.45. The van der Waals surface area contributed by atoms with Gasteiger partial charge in [-0.25, -0.2) is 9.97 Å². The summed E-state index contributed by atoms with van der Waals surface area (Å²) in [5.74, 6) is 0.240. The highest BCUT2D eigenvalue weighted by Gasteiger charge is 2.32. The van der Waals surface area contributed by atoms with E-state index in [1.54, 1.807) is 0 Å². The van der Waals surface area contributed by atoms with E-state index in [4.69, 9.17) is 0 Å². The van der Waals surface area contributed by atoms with Gasteiger partial charge < -0.3 is 10.4 Å². The molecule has 2 rings (SSSR count). The van der Waals surface area contributed by atoms with Crippen LogP contribution in [0.15, 0.2) is 12.3 Å². The normalized spacial score (nSPS) is 24.2. The third kappa shape index (κ3) is 3.32. The van der Waals surface area contributed by atoms with Crippen LogP contribution in [-0.2, 0) is 6.18 Å². The highest BCUT2D eigenvalue weighted by atomic mass is 19.4. The van der Waals surface area contributed by atoms with E-state index in [0.29, 0.717) is 13.0 Å². The lowest BCUT2D eigenvalue weighted by atomic mass is 10.1. The summed E-state index contributed by atoms with van der Waals surface area (Å²) in [7, 11) is 0. The fraction of sp³-hybridized carbons (Fsp3) is 0.636. The zero-order chi connectivity index (χ0) is 13.2. The van der Waals surface area contributed by atoms with Crippen LogP contribution in [0.4, 0.5) is 19.1 Å². The monoisotopic (exact) mass is 261 g/mol. The molecule has 1 saturated carbocycles. The molecule has 0 saturated heterocycles. The van der Waals surface area contributed by atoms with Crippen molar-refractivity contribution in [1.29, 1.82) is 0 Å². The van der Waals surface area contributed by atoms with Crippen LogP contribution in [0.1, 0.15) is 25.0 Å². The van der Waals surface area contributed by atoms with Crippen molar-refractivity contribution in [1.82, 2.24) is 9.97 Å². The standard InChI is InChI=1S/C11H14F3N3O/c12-11(13,14)9-3-4-15-10(17-9)16-6-7-1-2-8(18)5-7/h3-4,7-8,18H,1-2,5-6H2,(H,15,16,17). The maximum absolute atomic E-state index is 12.4. The zero-order valence-electron chi connectivity index (χ0n) is 9.61. The molecule has 1 fully saturated rings. The Bertz CT molecular complexity index is 411. The fourth-order valence-electron chi connectivity index (χ4n) is 2.07. The Balaban J connectivity index is 1.93. The number of anilines is 1. The minimum absolute atomic E-state index is 0.0220. The molecule has 1 aliphatic rings. The number of nitrogens with one attached hydrogen (secondary N) is 1. The molecule has 100 valence electrons. The van der Waals surface area contributed by atoms with Crippen molar-refractivity contribution >= 4 is 5.95 Å². The van der Waals surface area contributed by atoms with Crippen LogP contribution in [0, 0.1) is 5.92 Å². The van der Waals surface area contributed by atoms with Gasteiger partial charge in [0.2, 0.25) is 5.95 Å². The van der Waals surface area contributed by atoms with Gasteiger partial charge in [-0.1, -0.05) is 0 Å². The average Bonchev–Trinajstić information content (AvgIpc) is 2.72. The van der Waals surface area contributed by atoms with E-state index in [-0.39, 0.29) is 18.0 Å². The molecule has 4 nitrogen and oxygen atoms in total. The number of aliphatic hydroxyl groups excluding tert-OH is 1. The van der Waals surface area contributed by atoms with Gasteiger partial charge in [0.05, 0.1) is 6.10 Å². The second kappa shape index (κ2) is 5.09. The number of alkyl halides is 3. The Kier molecular flexibility index (Phi) is 3.70. The van der Waals surface area contributed by atoms with Gasteiger partial charge in [0.15, 0.2) is 0 Å². The Morgan fingerprint density at radius 3 is 2.78 bits per heavy atom. The van der Waals surface area contributed by atoms with Crippen molar-refractivity contribution in [2.24, 2.45) is 5.92 Å². The molecule has 1 heterocycles. The Morgan fingerprint density at radius 1 is 1.39 bits per heavy atom. The summed E-state index contributed by atoms with van der Waals surface area (Å²) in [5, 5.41) is 12.1. The molecule has 0 aromatic carbocycles. The lowest BCUT2D eigenvalue weighted by molar-refractivity contribution is -0.141. The summed E-state index contributed by atoms with van der Waals surface area (Å²) in [5.41, 5.74) is -0.952. The number of rotatable bonds is 3. The second-order valence-corrected chi connectivity index (χ2v) is 4.48. The van der Waals surface area contributed by atoms with Crippen LogP contribution in [-0.4, -0.2) is 27.7 Å². The number of aliphatic hydroxyl groups is 1. The molecule has 0 radical (unpaired) electrons. The van der Waals surface area contributed by atoms with Crippen molar-refractivity contribution in [3.63, 3.8) is 0 Å². The summed E-state index contributed by atoms with van der Waals surface area (Å²) in [4.78, 5) is 7.16. The molecule has 1 aliphatic carbocycles. The molecule has 0 spiro atoms. The third-order valence-corrected chi connectivity index (χ3v) is 3.01. The molecule has 18 heavy (non-hydrogen) atoms. The molecule has 0 amide bonds. The minimum Gasteiger partial charge on any atom is -0.393 e. The van der Waals surface area contributed by atoms with E-state index in [2.05, 4.69) is 15.3 Å². The molecule has 7 heteroatoms. The molecule has 1 aromatic heterocycles. The van der Waals surface area contributed by atoms with Crippen LogP contribution in [0.3, 0.4) is 0 Å². The minimum atomic E-state index is -4.46. The third-order valence-electron chi connectivity index (χ3n) is 3.01. The van der Waals surface area contributed by atoms with Gasteiger partial charge in [-0.2, -0.15) is 13.2 Å². The van der Waals surface area contributed by atoms with Crippen molar-refractivity contribution in [2.75, 3.05) is 11.9 Å². The van der Waals surface area contributed by atoms with Gasteiger partial charge in [0, 0.05) is 12.7 Å². The van der Waals surface area contributed by atoms with Crippen LogP contribution < -0.4 is 5.32 Å². The summed E-state index contributed by atoms with van der Waals surface area (Å²) < 4.78 is 37.2. The summed E-state index contributed by atoms with van der Waals surface area (Å²) in [6, 6.07) is 0.838. The number of hydrogen-bond acceptors (Lipinski definition) is 4. The molecular formula is C11H14F3N3O. The van der Waals surface area contributed by atoms with Crippen LogP contribution >= 0.6 is 0 Å². The first-order valence-electron chi connectivity index (χ1n) is 5.77. The largest absolute Gasteiger partial charge is 0.433 e. The van der Waals surface area contributed by atoms with E-state index in [9.17, 15) is 18.3 Å². The second-order valence-electron chi connectivity index (χ2n) is 4.48. The molecule has 2 N–H and O–H groups in total. The van der Waals surface area contributed by atoms with E-state index >= 15 is 0 Å². The van der Waals surface area contributed by atoms with Gasteiger partial charge in [-0.05, 0) is 31.2 Å². The van der Waals surface area contributed by atoms with Crippen molar-refractivity contribution in [3.8, 4) is 0 Å². The maximum Gasteiger partial charge on any atom is 0.433 e. The van der Waals surface area contributed by atoms with Crippen LogP contribution in [0.2, 0.25) is 0 Å². The highest BCUT2D eigenvalue weighted by molar-refractivity contribution is 5.26. The Hall–Kier alpha value is -1.37. The molecule has 0 bridgehead atoms. The number of nitrogens with zero attached hydrogens (tertiary/aromatic N) is 2. The molecular weight excluding hydrogens is 247 g/mol. The van der Waals surface area contributed by atoms with E-state index in [0.717, 1.165) is 25.1 Å². The van der Waals surface area contributed by atoms with Crippen LogP contribution in [0.25, 0.3) is 0 Å². The van der Waals surface area contributed by atoms with Gasteiger partial charge in [-0.3, -0.25) is 0 Å². The van der Waals surface area contributed by atoms with Gasteiger partial charge in [-0.15, -0.1) is 0 Å². The lowest BCUT2D eigenvalue weighted by Crippen LogP contribution is -2.16. The smallest absolute Gasteiger partial charge is 0.393 e. The lowest BCUT2D eigenvalue weighted by Gasteiger charge is -2.12. The van der Waals surface area contributed by atoms with Crippen molar-refractivity contribution in [2.45, 2.75) is 31.5 Å². The van der Waals surface area contributed by atoms with Gasteiger partial charge in [0.1, 0.15) is 5.69 Å². The molecule has 2 unspecified atom stereocenters.